The third-order valence-electron chi connectivity index (χ3n) is 1.53. The van der Waals surface area contributed by atoms with Crippen LogP contribution in [0.5, 0.6) is 0 Å². The Hall–Kier alpha value is -1.63. The van der Waals surface area contributed by atoms with Crippen LogP contribution >= 0.6 is 11.8 Å². The molecule has 0 bridgehead atoms. The van der Waals surface area contributed by atoms with Crippen molar-refractivity contribution in [2.75, 3.05) is 0 Å². The van der Waals surface area contributed by atoms with Crippen LogP contribution in [0, 0.1) is 17.0 Å². The Morgan fingerprint density at radius 3 is 2.31 bits per heavy atom. The van der Waals surface area contributed by atoms with Gasteiger partial charge in [0.2, 0.25) is 0 Å². The van der Waals surface area contributed by atoms with Crippen LogP contribution in [0.1, 0.15) is 5.56 Å². The largest absolute Gasteiger partial charge is 0.370 e. The molecular formula is C9H10F2N4S. The second-order valence-electron chi connectivity index (χ2n) is 2.91. The second kappa shape index (κ2) is 5.45. The molecule has 0 aliphatic rings. The molecule has 7 heteroatoms. The predicted molar refractivity (Wildman–Crippen MR) is 61.2 cm³/mol. The van der Waals surface area contributed by atoms with Crippen molar-refractivity contribution in [1.29, 1.82) is 5.41 Å². The Morgan fingerprint density at radius 2 is 1.81 bits per heavy atom. The summed E-state index contributed by atoms with van der Waals surface area (Å²) < 4.78 is 25.6. The Morgan fingerprint density at radius 1 is 1.25 bits per heavy atom. The SMILES string of the molecule is N=C(N=C(N)N)SCc1cc(F)cc(F)c1. The van der Waals surface area contributed by atoms with Gasteiger partial charge in [-0.1, -0.05) is 11.8 Å². The van der Waals surface area contributed by atoms with Gasteiger partial charge in [-0.25, -0.2) is 8.78 Å². The minimum absolute atomic E-state index is 0.107. The highest BCUT2D eigenvalue weighted by Crippen LogP contribution is 2.16. The summed E-state index contributed by atoms with van der Waals surface area (Å²) in [7, 11) is 0. The van der Waals surface area contributed by atoms with E-state index in [9.17, 15) is 8.78 Å². The predicted octanol–water partition coefficient (Wildman–Crippen LogP) is 1.41. The van der Waals surface area contributed by atoms with Gasteiger partial charge < -0.3 is 11.5 Å². The number of amidine groups is 1. The van der Waals surface area contributed by atoms with Crippen LogP contribution in [-0.4, -0.2) is 11.1 Å². The summed E-state index contributed by atoms with van der Waals surface area (Å²) in [5.74, 6) is -1.29. The molecule has 16 heavy (non-hydrogen) atoms. The molecule has 0 spiro atoms. The van der Waals surface area contributed by atoms with E-state index in [1.54, 1.807) is 0 Å². The summed E-state index contributed by atoms with van der Waals surface area (Å²) in [6.07, 6.45) is 0. The summed E-state index contributed by atoms with van der Waals surface area (Å²) in [4.78, 5) is 3.47. The first-order chi connectivity index (χ1) is 7.47. The van der Waals surface area contributed by atoms with E-state index in [1.807, 2.05) is 0 Å². The first-order valence-electron chi connectivity index (χ1n) is 4.23. The smallest absolute Gasteiger partial charge is 0.193 e. The molecule has 1 aromatic rings. The molecule has 0 radical (unpaired) electrons. The van der Waals surface area contributed by atoms with Crippen LogP contribution in [0.15, 0.2) is 23.2 Å². The number of hydrogen-bond donors (Lipinski definition) is 3. The molecule has 0 unspecified atom stereocenters. The average Bonchev–Trinajstić information content (AvgIpc) is 2.12. The third-order valence-corrected chi connectivity index (χ3v) is 2.37. The lowest BCUT2D eigenvalue weighted by atomic mass is 10.2. The molecule has 0 saturated carbocycles. The molecule has 1 aromatic carbocycles. The van der Waals surface area contributed by atoms with Gasteiger partial charge >= 0.3 is 0 Å². The van der Waals surface area contributed by atoms with Gasteiger partial charge in [0.25, 0.3) is 0 Å². The van der Waals surface area contributed by atoms with Crippen molar-refractivity contribution in [3.05, 3.63) is 35.4 Å². The first kappa shape index (κ1) is 12.4. The highest BCUT2D eigenvalue weighted by molar-refractivity contribution is 8.13. The zero-order valence-corrected chi connectivity index (χ0v) is 9.02. The number of nitrogens with two attached hydrogens (primary N) is 2. The number of rotatable bonds is 2. The van der Waals surface area contributed by atoms with Crippen LogP contribution in [0.4, 0.5) is 8.78 Å². The van der Waals surface area contributed by atoms with Crippen molar-refractivity contribution in [2.24, 2.45) is 16.5 Å². The topological polar surface area (TPSA) is 88.2 Å². The van der Waals surface area contributed by atoms with Crippen LogP contribution in [0.3, 0.4) is 0 Å². The molecule has 0 atom stereocenters. The molecule has 5 N–H and O–H groups in total. The first-order valence-corrected chi connectivity index (χ1v) is 5.22. The number of aliphatic imine (C=N–C) groups is 1. The number of nitrogens with zero attached hydrogens (tertiary/aromatic N) is 1. The molecular weight excluding hydrogens is 234 g/mol. The van der Waals surface area contributed by atoms with Gasteiger partial charge in [0.15, 0.2) is 11.1 Å². The number of hydrogen-bond acceptors (Lipinski definition) is 2. The summed E-state index contributed by atoms with van der Waals surface area (Å²) in [6, 6.07) is 3.17. The summed E-state index contributed by atoms with van der Waals surface area (Å²) >= 11 is 0.978. The van der Waals surface area contributed by atoms with E-state index < -0.39 is 11.6 Å². The van der Waals surface area contributed by atoms with Crippen LogP contribution in [-0.2, 0) is 5.75 Å². The number of guanidine groups is 1. The zero-order valence-electron chi connectivity index (χ0n) is 8.21. The maximum atomic E-state index is 12.8. The number of nitrogens with one attached hydrogen (secondary N) is 1. The van der Waals surface area contributed by atoms with Crippen molar-refractivity contribution in [3.63, 3.8) is 0 Å². The number of benzene rings is 1. The van der Waals surface area contributed by atoms with Gasteiger partial charge in [-0.3, -0.25) is 5.41 Å². The van der Waals surface area contributed by atoms with E-state index in [1.165, 1.54) is 12.1 Å². The molecule has 1 rings (SSSR count). The van der Waals surface area contributed by atoms with Gasteiger partial charge in [0.1, 0.15) is 11.6 Å². The highest BCUT2D eigenvalue weighted by atomic mass is 32.2. The minimum Gasteiger partial charge on any atom is -0.370 e. The fourth-order valence-corrected chi connectivity index (χ4v) is 1.64. The lowest BCUT2D eigenvalue weighted by molar-refractivity contribution is 0.581. The highest BCUT2D eigenvalue weighted by Gasteiger charge is 2.02. The number of thioether (sulfide) groups is 1. The molecule has 0 aliphatic carbocycles. The van der Waals surface area contributed by atoms with E-state index in [0.717, 1.165) is 17.8 Å². The van der Waals surface area contributed by atoms with Gasteiger partial charge in [0, 0.05) is 11.8 Å². The van der Waals surface area contributed by atoms with Crippen LogP contribution in [0.25, 0.3) is 0 Å². The maximum Gasteiger partial charge on any atom is 0.193 e. The second-order valence-corrected chi connectivity index (χ2v) is 3.87. The van der Waals surface area contributed by atoms with Crippen LogP contribution in [0.2, 0.25) is 0 Å². The monoisotopic (exact) mass is 244 g/mol. The lowest BCUT2D eigenvalue weighted by Crippen LogP contribution is -2.23. The number of halogens is 2. The van der Waals surface area contributed by atoms with Crippen molar-refractivity contribution < 1.29 is 8.78 Å². The molecule has 0 fully saturated rings. The minimum atomic E-state index is -0.649. The van der Waals surface area contributed by atoms with Crippen molar-refractivity contribution >= 4 is 22.9 Å². The molecule has 0 heterocycles. The van der Waals surface area contributed by atoms with E-state index in [4.69, 9.17) is 16.9 Å². The lowest BCUT2D eigenvalue weighted by Gasteiger charge is -2.01. The van der Waals surface area contributed by atoms with E-state index >= 15 is 0 Å². The summed E-state index contributed by atoms with van der Waals surface area (Å²) in [6.45, 7) is 0. The molecule has 0 aliphatic heterocycles. The van der Waals surface area contributed by atoms with Crippen LogP contribution < -0.4 is 11.5 Å². The Kier molecular flexibility index (Phi) is 4.24. The third kappa shape index (κ3) is 4.26. The summed E-state index contributed by atoms with van der Waals surface area (Å²) in [5, 5.41) is 7.20. The molecule has 0 saturated heterocycles. The standard InChI is InChI=1S/C9H10F2N4S/c10-6-1-5(2-7(11)3-6)4-16-9(14)15-8(12)13/h1-3H,4H2,(H5,12,13,14,15). The van der Waals surface area contributed by atoms with Crippen molar-refractivity contribution in [3.8, 4) is 0 Å². The molecule has 0 aromatic heterocycles. The molecule has 0 amide bonds. The van der Waals surface area contributed by atoms with Gasteiger partial charge in [-0.2, -0.15) is 4.99 Å². The van der Waals surface area contributed by atoms with Crippen molar-refractivity contribution in [1.82, 2.24) is 0 Å². The van der Waals surface area contributed by atoms with Crippen molar-refractivity contribution in [2.45, 2.75) is 5.75 Å². The maximum absolute atomic E-state index is 12.8. The fourth-order valence-electron chi connectivity index (χ4n) is 0.996. The van der Waals surface area contributed by atoms with Gasteiger partial charge in [-0.15, -0.1) is 0 Å². The van der Waals surface area contributed by atoms with Gasteiger partial charge in [0.05, 0.1) is 0 Å². The Labute approximate surface area is 95.2 Å². The molecule has 86 valence electrons. The van der Waals surface area contributed by atoms with E-state index in [-0.39, 0.29) is 16.9 Å². The molecule has 4 nitrogen and oxygen atoms in total. The van der Waals surface area contributed by atoms with E-state index in [2.05, 4.69) is 4.99 Å². The Balaban J connectivity index is 2.61. The quantitative estimate of drug-likeness (QED) is 0.543. The van der Waals surface area contributed by atoms with E-state index in [0.29, 0.717) is 5.56 Å². The van der Waals surface area contributed by atoms with Gasteiger partial charge in [-0.05, 0) is 17.7 Å². The normalized spacial score (nSPS) is 9.88. The fraction of sp³-hybridized carbons (Fsp3) is 0.111. The summed E-state index contributed by atoms with van der Waals surface area (Å²) in [5.41, 5.74) is 10.6. The zero-order chi connectivity index (χ0) is 12.1. The Bertz CT molecular complexity index is 409. The average molecular weight is 244 g/mol.